The number of rotatable bonds is 6. The molecule has 0 aliphatic rings. The summed E-state index contributed by atoms with van der Waals surface area (Å²) in [7, 11) is 0. The molecule has 0 amide bonds. The summed E-state index contributed by atoms with van der Waals surface area (Å²) in [5, 5.41) is 14.3. The summed E-state index contributed by atoms with van der Waals surface area (Å²) in [6, 6.07) is 0. The van der Waals surface area contributed by atoms with E-state index in [-0.39, 0.29) is 5.96 Å². The van der Waals surface area contributed by atoms with Crippen molar-refractivity contribution >= 4 is 11.9 Å². The number of nitrogens with two attached hydrogens (primary N) is 2. The van der Waals surface area contributed by atoms with Crippen LogP contribution in [0.3, 0.4) is 0 Å². The summed E-state index contributed by atoms with van der Waals surface area (Å²) < 4.78 is 0. The van der Waals surface area contributed by atoms with Crippen molar-refractivity contribution in [1.29, 1.82) is 5.41 Å². The van der Waals surface area contributed by atoms with Gasteiger partial charge in [0.05, 0.1) is 0 Å². The average molecular weight is 203 g/mol. The monoisotopic (exact) mass is 203 g/mol. The second-order valence-corrected chi connectivity index (χ2v) is 3.01. The van der Waals surface area contributed by atoms with Crippen molar-refractivity contribution in [2.24, 2.45) is 11.5 Å². The molecule has 0 aromatic carbocycles. The van der Waals surface area contributed by atoms with E-state index >= 15 is 0 Å². The fourth-order valence-corrected chi connectivity index (χ4v) is 0.880. The first-order chi connectivity index (χ1) is 6.50. The zero-order valence-electron chi connectivity index (χ0n) is 8.75. The molecule has 0 spiro atoms. The molecule has 5 heteroatoms. The zero-order chi connectivity index (χ0) is 11.4. The molecule has 6 N–H and O–H groups in total. The van der Waals surface area contributed by atoms with Gasteiger partial charge in [0.1, 0.15) is 0 Å². The van der Waals surface area contributed by atoms with Crippen LogP contribution < -0.4 is 11.5 Å². The van der Waals surface area contributed by atoms with E-state index in [9.17, 15) is 4.79 Å². The van der Waals surface area contributed by atoms with Crippen LogP contribution in [0.15, 0.2) is 0 Å². The number of hydrogen-bond donors (Lipinski definition) is 4. The molecule has 0 unspecified atom stereocenters. The molecule has 0 radical (unpaired) electrons. The predicted octanol–water partition coefficient (Wildman–Crippen LogP) is 1.27. The molecule has 0 saturated carbocycles. The van der Waals surface area contributed by atoms with E-state index in [0.717, 1.165) is 12.8 Å². The Labute approximate surface area is 85.0 Å². The van der Waals surface area contributed by atoms with Crippen molar-refractivity contribution in [2.45, 2.75) is 45.4 Å². The summed E-state index contributed by atoms with van der Waals surface area (Å²) in [6.45, 7) is 2.15. The van der Waals surface area contributed by atoms with Gasteiger partial charge in [-0.2, -0.15) is 0 Å². The summed E-state index contributed by atoms with van der Waals surface area (Å²) in [4.78, 5) is 10.0. The van der Waals surface area contributed by atoms with Crippen LogP contribution in [-0.4, -0.2) is 17.0 Å². The maximum absolute atomic E-state index is 10.0. The minimum Gasteiger partial charge on any atom is -0.481 e. The molecule has 0 aliphatic heterocycles. The Balaban J connectivity index is 0. The number of carbonyl (C=O) groups is 1. The fraction of sp³-hybridized carbons (Fsp3) is 0.778. The van der Waals surface area contributed by atoms with Gasteiger partial charge >= 0.3 is 5.97 Å². The molecular formula is C9H21N3O2. The first-order valence-corrected chi connectivity index (χ1v) is 4.82. The lowest BCUT2D eigenvalue weighted by atomic mass is 10.1. The van der Waals surface area contributed by atoms with Gasteiger partial charge in [-0.05, 0) is 6.42 Å². The lowest BCUT2D eigenvalue weighted by Gasteiger charge is -1.95. The Kier molecular flexibility index (Phi) is 12.8. The van der Waals surface area contributed by atoms with E-state index in [4.69, 9.17) is 10.5 Å². The molecular weight excluding hydrogens is 182 g/mol. The van der Waals surface area contributed by atoms with Crippen LogP contribution in [0.25, 0.3) is 0 Å². The maximum Gasteiger partial charge on any atom is 0.303 e. The minimum atomic E-state index is -0.670. The summed E-state index contributed by atoms with van der Waals surface area (Å²) in [6.07, 6.45) is 5.88. The first-order valence-electron chi connectivity index (χ1n) is 4.82. The molecule has 0 saturated heterocycles. The zero-order valence-corrected chi connectivity index (χ0v) is 8.75. The molecule has 0 fully saturated rings. The van der Waals surface area contributed by atoms with E-state index in [1.54, 1.807) is 0 Å². The van der Waals surface area contributed by atoms with Crippen LogP contribution in [-0.2, 0) is 4.79 Å². The Bertz CT molecular complexity index is 156. The van der Waals surface area contributed by atoms with E-state index in [1.165, 1.54) is 19.3 Å². The van der Waals surface area contributed by atoms with E-state index in [1.807, 2.05) is 0 Å². The van der Waals surface area contributed by atoms with Crippen molar-refractivity contribution in [1.82, 2.24) is 0 Å². The van der Waals surface area contributed by atoms with Crippen molar-refractivity contribution in [3.63, 3.8) is 0 Å². The van der Waals surface area contributed by atoms with Crippen LogP contribution in [0.5, 0.6) is 0 Å². The number of carboxylic acids is 1. The molecule has 0 atom stereocenters. The van der Waals surface area contributed by atoms with Crippen molar-refractivity contribution < 1.29 is 9.90 Å². The fourth-order valence-electron chi connectivity index (χ4n) is 0.880. The summed E-state index contributed by atoms with van der Waals surface area (Å²) in [5.41, 5.74) is 8.94. The largest absolute Gasteiger partial charge is 0.481 e. The van der Waals surface area contributed by atoms with Gasteiger partial charge in [-0.25, -0.2) is 0 Å². The molecule has 0 heterocycles. The molecule has 5 nitrogen and oxygen atoms in total. The summed E-state index contributed by atoms with van der Waals surface area (Å²) >= 11 is 0. The highest BCUT2D eigenvalue weighted by atomic mass is 16.4. The van der Waals surface area contributed by atoms with Gasteiger partial charge in [0.25, 0.3) is 0 Å². The number of carboxylic acid groups (broad SMARTS) is 1. The molecule has 0 bridgehead atoms. The van der Waals surface area contributed by atoms with Crippen LogP contribution in [0, 0.1) is 5.41 Å². The van der Waals surface area contributed by atoms with Gasteiger partial charge in [-0.15, -0.1) is 0 Å². The Hall–Kier alpha value is -1.26. The number of nitrogens with one attached hydrogen (secondary N) is 1. The van der Waals surface area contributed by atoms with Crippen molar-refractivity contribution in [2.75, 3.05) is 0 Å². The second-order valence-electron chi connectivity index (χ2n) is 3.01. The van der Waals surface area contributed by atoms with Gasteiger partial charge in [-0.3, -0.25) is 10.2 Å². The first kappa shape index (κ1) is 15.2. The van der Waals surface area contributed by atoms with Gasteiger partial charge in [0.15, 0.2) is 5.96 Å². The SMILES string of the molecule is CCCCCCCC(=O)O.N=C(N)N. The number of hydrogen-bond acceptors (Lipinski definition) is 2. The second kappa shape index (κ2) is 11.7. The smallest absolute Gasteiger partial charge is 0.303 e. The third-order valence-corrected chi connectivity index (χ3v) is 1.49. The molecule has 0 aromatic heterocycles. The Morgan fingerprint density at radius 1 is 1.21 bits per heavy atom. The predicted molar refractivity (Wildman–Crippen MR) is 57.1 cm³/mol. The highest BCUT2D eigenvalue weighted by molar-refractivity contribution is 5.71. The molecule has 0 rings (SSSR count). The van der Waals surface area contributed by atoms with Gasteiger partial charge in [0, 0.05) is 6.42 Å². The standard InChI is InChI=1S/C8H16O2.CH5N3/c1-2-3-4-5-6-7-8(9)10;2-1(3)4/h2-7H2,1H3,(H,9,10);(H5,2,3,4). The Morgan fingerprint density at radius 2 is 1.64 bits per heavy atom. The highest BCUT2D eigenvalue weighted by Crippen LogP contribution is 2.04. The Morgan fingerprint density at radius 3 is 2.00 bits per heavy atom. The lowest BCUT2D eigenvalue weighted by Crippen LogP contribution is -2.20. The molecule has 0 aromatic rings. The minimum absolute atomic E-state index is 0.333. The molecule has 0 aliphatic carbocycles. The maximum atomic E-state index is 10.0. The number of unbranched alkanes of at least 4 members (excludes halogenated alkanes) is 4. The lowest BCUT2D eigenvalue weighted by molar-refractivity contribution is -0.137. The number of aliphatic carboxylic acids is 1. The van der Waals surface area contributed by atoms with Crippen LogP contribution in [0.2, 0.25) is 0 Å². The quantitative estimate of drug-likeness (QED) is 0.296. The van der Waals surface area contributed by atoms with E-state index in [0.29, 0.717) is 6.42 Å². The highest BCUT2D eigenvalue weighted by Gasteiger charge is 1.94. The number of guanidine groups is 1. The van der Waals surface area contributed by atoms with Crippen LogP contribution in [0.1, 0.15) is 45.4 Å². The topological polar surface area (TPSA) is 113 Å². The van der Waals surface area contributed by atoms with Gasteiger partial charge < -0.3 is 16.6 Å². The van der Waals surface area contributed by atoms with Gasteiger partial charge in [-0.1, -0.05) is 32.6 Å². The third-order valence-electron chi connectivity index (χ3n) is 1.49. The van der Waals surface area contributed by atoms with Crippen LogP contribution >= 0.6 is 0 Å². The van der Waals surface area contributed by atoms with Crippen molar-refractivity contribution in [3.8, 4) is 0 Å². The molecule has 14 heavy (non-hydrogen) atoms. The average Bonchev–Trinajstić information content (AvgIpc) is 2.02. The summed E-state index contributed by atoms with van der Waals surface area (Å²) in [5.74, 6) is -1.00. The third kappa shape index (κ3) is 30.9. The molecule has 84 valence electrons. The van der Waals surface area contributed by atoms with Crippen molar-refractivity contribution in [3.05, 3.63) is 0 Å². The van der Waals surface area contributed by atoms with E-state index < -0.39 is 5.97 Å². The van der Waals surface area contributed by atoms with Crippen LogP contribution in [0.4, 0.5) is 0 Å². The van der Waals surface area contributed by atoms with Gasteiger partial charge in [0.2, 0.25) is 0 Å². The normalized spacial score (nSPS) is 8.64. The van der Waals surface area contributed by atoms with E-state index in [2.05, 4.69) is 18.4 Å².